The smallest absolute Gasteiger partial charge is 0.269 e. The van der Waals surface area contributed by atoms with Gasteiger partial charge in [0.25, 0.3) is 5.91 Å². The summed E-state index contributed by atoms with van der Waals surface area (Å²) in [6, 6.07) is 5.56. The maximum absolute atomic E-state index is 12.0. The van der Waals surface area contributed by atoms with E-state index < -0.39 is 0 Å². The van der Waals surface area contributed by atoms with E-state index in [1.807, 2.05) is 12.1 Å². The number of morpholine rings is 1. The lowest BCUT2D eigenvalue weighted by atomic mass is 10.2. The van der Waals surface area contributed by atoms with Crippen molar-refractivity contribution in [1.82, 2.24) is 10.3 Å². The van der Waals surface area contributed by atoms with Gasteiger partial charge in [-0.25, -0.2) is 4.98 Å². The third-order valence-corrected chi connectivity index (χ3v) is 2.97. The van der Waals surface area contributed by atoms with Gasteiger partial charge in [0.15, 0.2) is 0 Å². The van der Waals surface area contributed by atoms with E-state index in [2.05, 4.69) is 29.0 Å². The summed E-state index contributed by atoms with van der Waals surface area (Å²) in [5.41, 5.74) is 0.477. The monoisotopic (exact) mass is 263 g/mol. The Balaban J connectivity index is 2.03. The average Bonchev–Trinajstić information content (AvgIpc) is 2.46. The molecule has 1 saturated heterocycles. The highest BCUT2D eigenvalue weighted by Crippen LogP contribution is 2.13. The number of pyridine rings is 1. The zero-order chi connectivity index (χ0) is 13.7. The molecule has 1 aliphatic rings. The molecular weight excluding hydrogens is 242 g/mol. The zero-order valence-corrected chi connectivity index (χ0v) is 11.6. The van der Waals surface area contributed by atoms with Gasteiger partial charge in [-0.2, -0.15) is 0 Å². The third-order valence-electron chi connectivity index (χ3n) is 2.97. The maximum atomic E-state index is 12.0. The fourth-order valence-corrected chi connectivity index (χ4v) is 1.91. The van der Waals surface area contributed by atoms with Crippen LogP contribution >= 0.6 is 0 Å². The highest BCUT2D eigenvalue weighted by atomic mass is 16.5. The summed E-state index contributed by atoms with van der Waals surface area (Å²) in [5.74, 6) is 1.18. The fourth-order valence-electron chi connectivity index (χ4n) is 1.91. The molecule has 0 saturated carbocycles. The van der Waals surface area contributed by atoms with E-state index in [0.717, 1.165) is 18.9 Å². The quantitative estimate of drug-likeness (QED) is 0.889. The fraction of sp³-hybridized carbons (Fsp3) is 0.571. The standard InChI is InChI=1S/C14H21N3O2/c1-11(2)10-15-14(18)12-4-3-5-13(16-12)17-6-8-19-9-7-17/h3-5,11H,6-10H2,1-2H3,(H,15,18). The van der Waals surface area contributed by atoms with Gasteiger partial charge in [-0.05, 0) is 18.1 Å². The number of carbonyl (C=O) groups is 1. The molecule has 1 fully saturated rings. The van der Waals surface area contributed by atoms with Gasteiger partial charge < -0.3 is 15.0 Å². The van der Waals surface area contributed by atoms with Gasteiger partial charge in [0, 0.05) is 19.6 Å². The third kappa shape index (κ3) is 3.92. The largest absolute Gasteiger partial charge is 0.378 e. The molecule has 5 heteroatoms. The minimum atomic E-state index is -0.108. The number of hydrogen-bond donors (Lipinski definition) is 1. The van der Waals surface area contributed by atoms with Crippen LogP contribution in [0.2, 0.25) is 0 Å². The van der Waals surface area contributed by atoms with Crippen LogP contribution in [0, 0.1) is 5.92 Å². The predicted octanol–water partition coefficient (Wildman–Crippen LogP) is 1.30. The van der Waals surface area contributed by atoms with Crippen molar-refractivity contribution in [3.05, 3.63) is 23.9 Å². The molecule has 104 valence electrons. The Hall–Kier alpha value is -1.62. The minimum Gasteiger partial charge on any atom is -0.378 e. The summed E-state index contributed by atoms with van der Waals surface area (Å²) in [4.78, 5) is 18.5. The van der Waals surface area contributed by atoms with Crippen molar-refractivity contribution in [3.63, 3.8) is 0 Å². The Bertz CT molecular complexity index is 428. The first kappa shape index (κ1) is 13.8. The summed E-state index contributed by atoms with van der Waals surface area (Å²) < 4.78 is 5.32. The number of ether oxygens (including phenoxy) is 1. The molecule has 1 N–H and O–H groups in total. The molecule has 5 nitrogen and oxygen atoms in total. The molecule has 0 unspecified atom stereocenters. The predicted molar refractivity (Wildman–Crippen MR) is 74.4 cm³/mol. The highest BCUT2D eigenvalue weighted by Gasteiger charge is 2.14. The summed E-state index contributed by atoms with van der Waals surface area (Å²) in [6.45, 7) is 7.88. The van der Waals surface area contributed by atoms with Crippen LogP contribution in [0.4, 0.5) is 5.82 Å². The van der Waals surface area contributed by atoms with Gasteiger partial charge in [-0.3, -0.25) is 4.79 Å². The molecule has 0 aromatic carbocycles. The molecule has 0 bridgehead atoms. The Morgan fingerprint density at radius 1 is 1.42 bits per heavy atom. The van der Waals surface area contributed by atoms with Crippen molar-refractivity contribution in [1.29, 1.82) is 0 Å². The number of carbonyl (C=O) groups excluding carboxylic acids is 1. The van der Waals surface area contributed by atoms with Crippen molar-refractivity contribution >= 4 is 11.7 Å². The van der Waals surface area contributed by atoms with E-state index >= 15 is 0 Å². The lowest BCUT2D eigenvalue weighted by Gasteiger charge is -2.27. The van der Waals surface area contributed by atoms with Crippen molar-refractivity contribution < 1.29 is 9.53 Å². The first-order chi connectivity index (χ1) is 9.16. The molecular formula is C14H21N3O2. The van der Waals surface area contributed by atoms with E-state index in [1.54, 1.807) is 6.07 Å². The molecule has 1 amide bonds. The Labute approximate surface area is 114 Å². The number of hydrogen-bond acceptors (Lipinski definition) is 4. The SMILES string of the molecule is CC(C)CNC(=O)c1cccc(N2CCOCC2)n1. The second-order valence-electron chi connectivity index (χ2n) is 5.08. The molecule has 1 aromatic rings. The van der Waals surface area contributed by atoms with E-state index in [-0.39, 0.29) is 5.91 Å². The van der Waals surface area contributed by atoms with Crippen LogP contribution in [0.25, 0.3) is 0 Å². The van der Waals surface area contributed by atoms with Crippen LogP contribution in [0.1, 0.15) is 24.3 Å². The number of rotatable bonds is 4. The molecule has 0 aliphatic carbocycles. The van der Waals surface area contributed by atoms with Crippen molar-refractivity contribution in [2.75, 3.05) is 37.7 Å². The Kier molecular flexibility index (Phi) is 4.74. The lowest BCUT2D eigenvalue weighted by molar-refractivity contribution is 0.0944. The summed E-state index contributed by atoms with van der Waals surface area (Å²) >= 11 is 0. The first-order valence-corrected chi connectivity index (χ1v) is 6.75. The number of aromatic nitrogens is 1. The van der Waals surface area contributed by atoms with Gasteiger partial charge in [-0.15, -0.1) is 0 Å². The molecule has 2 rings (SSSR count). The zero-order valence-electron chi connectivity index (χ0n) is 11.6. The Morgan fingerprint density at radius 2 is 2.16 bits per heavy atom. The van der Waals surface area contributed by atoms with Crippen molar-refractivity contribution in [2.24, 2.45) is 5.92 Å². The normalized spacial score (nSPS) is 15.6. The maximum Gasteiger partial charge on any atom is 0.269 e. The van der Waals surface area contributed by atoms with E-state index in [4.69, 9.17) is 4.74 Å². The molecule has 1 aliphatic heterocycles. The molecule has 19 heavy (non-hydrogen) atoms. The van der Waals surface area contributed by atoms with Gasteiger partial charge in [-0.1, -0.05) is 19.9 Å². The molecule has 0 radical (unpaired) electrons. The molecule has 0 atom stereocenters. The summed E-state index contributed by atoms with van der Waals surface area (Å²) in [5, 5.41) is 2.88. The van der Waals surface area contributed by atoms with Crippen LogP contribution in [-0.4, -0.2) is 43.7 Å². The Morgan fingerprint density at radius 3 is 2.84 bits per heavy atom. The van der Waals surface area contributed by atoms with Crippen molar-refractivity contribution in [3.8, 4) is 0 Å². The first-order valence-electron chi connectivity index (χ1n) is 6.75. The van der Waals surface area contributed by atoms with Gasteiger partial charge in [0.2, 0.25) is 0 Å². The van der Waals surface area contributed by atoms with Crippen LogP contribution in [0.15, 0.2) is 18.2 Å². The van der Waals surface area contributed by atoms with Gasteiger partial charge >= 0.3 is 0 Å². The second kappa shape index (κ2) is 6.52. The summed E-state index contributed by atoms with van der Waals surface area (Å²) in [7, 11) is 0. The average molecular weight is 263 g/mol. The van der Waals surface area contributed by atoms with Crippen LogP contribution in [-0.2, 0) is 4.74 Å². The number of amides is 1. The number of anilines is 1. The lowest BCUT2D eigenvalue weighted by Crippen LogP contribution is -2.37. The number of nitrogens with one attached hydrogen (secondary N) is 1. The van der Waals surface area contributed by atoms with Crippen LogP contribution < -0.4 is 10.2 Å². The molecule has 1 aromatic heterocycles. The van der Waals surface area contributed by atoms with Crippen LogP contribution in [0.5, 0.6) is 0 Å². The minimum absolute atomic E-state index is 0.108. The van der Waals surface area contributed by atoms with E-state index in [9.17, 15) is 4.79 Å². The second-order valence-corrected chi connectivity index (χ2v) is 5.08. The molecule has 0 spiro atoms. The van der Waals surface area contributed by atoms with E-state index in [1.165, 1.54) is 0 Å². The van der Waals surface area contributed by atoms with Crippen LogP contribution in [0.3, 0.4) is 0 Å². The highest BCUT2D eigenvalue weighted by molar-refractivity contribution is 5.92. The van der Waals surface area contributed by atoms with E-state index in [0.29, 0.717) is 31.4 Å². The van der Waals surface area contributed by atoms with Gasteiger partial charge in [0.05, 0.1) is 13.2 Å². The molecule has 2 heterocycles. The van der Waals surface area contributed by atoms with Gasteiger partial charge in [0.1, 0.15) is 11.5 Å². The summed E-state index contributed by atoms with van der Waals surface area (Å²) in [6.07, 6.45) is 0. The van der Waals surface area contributed by atoms with Crippen molar-refractivity contribution in [2.45, 2.75) is 13.8 Å². The topological polar surface area (TPSA) is 54.5 Å². The number of nitrogens with zero attached hydrogens (tertiary/aromatic N) is 2.